The fourth-order valence-electron chi connectivity index (χ4n) is 3.07. The van der Waals surface area contributed by atoms with Crippen molar-refractivity contribution < 1.29 is 0 Å². The minimum Gasteiger partial charge on any atom is -0.378 e. The third kappa shape index (κ3) is 3.39. The molecule has 0 fully saturated rings. The van der Waals surface area contributed by atoms with Gasteiger partial charge in [-0.2, -0.15) is 0 Å². The molecular weight excluding hydrogens is 342 g/mol. The van der Waals surface area contributed by atoms with Gasteiger partial charge in [0.2, 0.25) is 0 Å². The first-order valence-electron chi connectivity index (χ1n) is 8.49. The highest BCUT2D eigenvalue weighted by atomic mass is 32.1. The summed E-state index contributed by atoms with van der Waals surface area (Å²) in [6, 6.07) is 18.3. The minimum absolute atomic E-state index is 0.0920. The third-order valence-electron chi connectivity index (χ3n) is 4.19. The van der Waals surface area contributed by atoms with Gasteiger partial charge in [0, 0.05) is 10.6 Å². The predicted octanol–water partition coefficient (Wildman–Crippen LogP) is 4.88. The molecule has 4 nitrogen and oxygen atoms in total. The number of rotatable bonds is 4. The molecule has 0 saturated carbocycles. The van der Waals surface area contributed by atoms with Crippen LogP contribution in [0.15, 0.2) is 59.4 Å². The van der Waals surface area contributed by atoms with Gasteiger partial charge >= 0.3 is 0 Å². The Kier molecular flexibility index (Phi) is 4.31. The Morgan fingerprint density at radius 2 is 1.77 bits per heavy atom. The van der Waals surface area contributed by atoms with E-state index < -0.39 is 0 Å². The van der Waals surface area contributed by atoms with E-state index in [0.29, 0.717) is 17.8 Å². The maximum absolute atomic E-state index is 12.4. The van der Waals surface area contributed by atoms with Gasteiger partial charge in [0.1, 0.15) is 10.7 Å². The van der Waals surface area contributed by atoms with Crippen molar-refractivity contribution in [1.82, 2.24) is 9.97 Å². The van der Waals surface area contributed by atoms with Crippen molar-refractivity contribution in [1.29, 1.82) is 0 Å². The summed E-state index contributed by atoms with van der Waals surface area (Å²) >= 11 is 1.55. The Morgan fingerprint density at radius 3 is 2.50 bits per heavy atom. The molecule has 5 heteroatoms. The number of aromatic amines is 1. The van der Waals surface area contributed by atoms with Crippen molar-refractivity contribution in [2.45, 2.75) is 20.4 Å². The Hall–Kier alpha value is -2.92. The van der Waals surface area contributed by atoms with Gasteiger partial charge in [-0.3, -0.25) is 4.79 Å². The summed E-state index contributed by atoms with van der Waals surface area (Å²) < 4.78 is 0. The Morgan fingerprint density at radius 1 is 1.04 bits per heavy atom. The summed E-state index contributed by atoms with van der Waals surface area (Å²) in [6.45, 7) is 4.62. The molecule has 26 heavy (non-hydrogen) atoms. The molecule has 0 bridgehead atoms. The molecule has 2 aromatic carbocycles. The average Bonchev–Trinajstić information content (AvgIpc) is 3.05. The van der Waals surface area contributed by atoms with E-state index in [1.54, 1.807) is 11.3 Å². The zero-order valence-corrected chi connectivity index (χ0v) is 15.5. The second kappa shape index (κ2) is 6.77. The van der Waals surface area contributed by atoms with E-state index in [2.05, 4.69) is 47.3 Å². The van der Waals surface area contributed by atoms with Crippen molar-refractivity contribution >= 4 is 27.2 Å². The molecule has 0 aliphatic rings. The normalized spacial score (nSPS) is 11.0. The van der Waals surface area contributed by atoms with E-state index >= 15 is 0 Å². The van der Waals surface area contributed by atoms with E-state index in [0.717, 1.165) is 21.0 Å². The number of thiophene rings is 1. The zero-order chi connectivity index (χ0) is 18.1. The standard InChI is InChI=1S/C21H19N3OS/c1-13-8-14(2)10-16(9-13)22-12-19-23-20(25)17-11-18(26-21(17)24-19)15-6-4-3-5-7-15/h3-11,22H,12H2,1-2H3,(H,23,24,25). The second-order valence-electron chi connectivity index (χ2n) is 6.44. The van der Waals surface area contributed by atoms with Gasteiger partial charge in [0.05, 0.1) is 11.9 Å². The molecule has 0 spiro atoms. The SMILES string of the molecule is Cc1cc(C)cc(NCc2nc3sc(-c4ccccc4)cc3c(=O)[nH]2)c1. The molecule has 0 unspecified atom stereocenters. The first-order chi connectivity index (χ1) is 12.6. The van der Waals surface area contributed by atoms with Crippen LogP contribution < -0.4 is 10.9 Å². The molecule has 130 valence electrons. The molecule has 0 saturated heterocycles. The van der Waals surface area contributed by atoms with Crippen LogP contribution in [0.3, 0.4) is 0 Å². The summed E-state index contributed by atoms with van der Waals surface area (Å²) in [5.74, 6) is 0.642. The number of aryl methyl sites for hydroxylation is 2. The number of aromatic nitrogens is 2. The first-order valence-corrected chi connectivity index (χ1v) is 9.30. The van der Waals surface area contributed by atoms with Crippen LogP contribution >= 0.6 is 11.3 Å². The fourth-order valence-corrected chi connectivity index (χ4v) is 4.12. The zero-order valence-electron chi connectivity index (χ0n) is 14.7. The van der Waals surface area contributed by atoms with Crippen LogP contribution in [0.5, 0.6) is 0 Å². The molecule has 0 amide bonds. The Labute approximate surface area is 155 Å². The number of fused-ring (bicyclic) bond motifs is 1. The van der Waals surface area contributed by atoms with Gasteiger partial charge in [-0.05, 0) is 48.7 Å². The highest BCUT2D eigenvalue weighted by molar-refractivity contribution is 7.21. The predicted molar refractivity (Wildman–Crippen MR) is 109 cm³/mol. The van der Waals surface area contributed by atoms with Gasteiger partial charge in [0.25, 0.3) is 5.56 Å². The van der Waals surface area contributed by atoms with Gasteiger partial charge < -0.3 is 10.3 Å². The first kappa shape index (κ1) is 16.5. The number of hydrogen-bond donors (Lipinski definition) is 2. The highest BCUT2D eigenvalue weighted by Crippen LogP contribution is 2.30. The fraction of sp³-hybridized carbons (Fsp3) is 0.143. The smallest absolute Gasteiger partial charge is 0.259 e. The van der Waals surface area contributed by atoms with E-state index in [4.69, 9.17) is 0 Å². The van der Waals surface area contributed by atoms with Gasteiger partial charge in [-0.15, -0.1) is 11.3 Å². The van der Waals surface area contributed by atoms with Crippen LogP contribution in [0, 0.1) is 13.8 Å². The van der Waals surface area contributed by atoms with Crippen LogP contribution in [0.25, 0.3) is 20.7 Å². The summed E-state index contributed by atoms with van der Waals surface area (Å²) in [5.41, 5.74) is 4.45. The Bertz CT molecular complexity index is 1110. The van der Waals surface area contributed by atoms with Crippen molar-refractivity contribution in [3.63, 3.8) is 0 Å². The lowest BCUT2D eigenvalue weighted by molar-refractivity contribution is 0.956. The Balaban J connectivity index is 1.63. The van der Waals surface area contributed by atoms with E-state index in [9.17, 15) is 4.79 Å². The van der Waals surface area contributed by atoms with Crippen LogP contribution in [-0.4, -0.2) is 9.97 Å². The molecule has 2 aromatic heterocycles. The number of anilines is 1. The van der Waals surface area contributed by atoms with Gasteiger partial charge in [0.15, 0.2) is 0 Å². The minimum atomic E-state index is -0.0920. The summed E-state index contributed by atoms with van der Waals surface area (Å²) in [6.07, 6.45) is 0. The number of nitrogens with one attached hydrogen (secondary N) is 2. The average molecular weight is 361 g/mol. The third-order valence-corrected chi connectivity index (χ3v) is 5.27. The molecule has 4 aromatic rings. The lowest BCUT2D eigenvalue weighted by atomic mass is 10.1. The second-order valence-corrected chi connectivity index (χ2v) is 7.47. The van der Waals surface area contributed by atoms with Gasteiger partial charge in [-0.25, -0.2) is 4.98 Å². The maximum Gasteiger partial charge on any atom is 0.259 e. The molecule has 2 N–H and O–H groups in total. The summed E-state index contributed by atoms with van der Waals surface area (Å²) in [4.78, 5) is 21.8. The molecule has 0 radical (unpaired) electrons. The molecule has 0 aliphatic carbocycles. The molecule has 0 atom stereocenters. The highest BCUT2D eigenvalue weighted by Gasteiger charge is 2.10. The van der Waals surface area contributed by atoms with Crippen LogP contribution in [0.4, 0.5) is 5.69 Å². The van der Waals surface area contributed by atoms with Gasteiger partial charge in [-0.1, -0.05) is 36.4 Å². The summed E-state index contributed by atoms with van der Waals surface area (Å²) in [5, 5.41) is 3.99. The van der Waals surface area contributed by atoms with Crippen LogP contribution in [0.2, 0.25) is 0 Å². The van der Waals surface area contributed by atoms with Crippen molar-refractivity contribution in [3.8, 4) is 10.4 Å². The van der Waals surface area contributed by atoms with E-state index in [1.807, 2.05) is 36.4 Å². The quantitative estimate of drug-likeness (QED) is 0.545. The lowest BCUT2D eigenvalue weighted by Gasteiger charge is -2.08. The van der Waals surface area contributed by atoms with Crippen molar-refractivity contribution in [3.05, 3.63) is 81.9 Å². The number of H-pyrrole nitrogens is 1. The maximum atomic E-state index is 12.4. The molecule has 2 heterocycles. The van der Waals surface area contributed by atoms with Crippen LogP contribution in [0.1, 0.15) is 17.0 Å². The molecular formula is C21H19N3OS. The number of nitrogens with zero attached hydrogens (tertiary/aromatic N) is 1. The topological polar surface area (TPSA) is 57.8 Å². The largest absolute Gasteiger partial charge is 0.378 e. The van der Waals surface area contributed by atoms with Crippen LogP contribution in [-0.2, 0) is 6.54 Å². The lowest BCUT2D eigenvalue weighted by Crippen LogP contribution is -2.13. The number of benzene rings is 2. The summed E-state index contributed by atoms with van der Waals surface area (Å²) in [7, 11) is 0. The van der Waals surface area contributed by atoms with E-state index in [-0.39, 0.29) is 5.56 Å². The molecule has 0 aliphatic heterocycles. The van der Waals surface area contributed by atoms with Crippen molar-refractivity contribution in [2.24, 2.45) is 0 Å². The molecule has 4 rings (SSSR count). The monoisotopic (exact) mass is 361 g/mol. The number of hydrogen-bond acceptors (Lipinski definition) is 4. The van der Waals surface area contributed by atoms with E-state index in [1.165, 1.54) is 11.1 Å². The van der Waals surface area contributed by atoms with Crippen molar-refractivity contribution in [2.75, 3.05) is 5.32 Å².